The van der Waals surface area contributed by atoms with Crippen LogP contribution in [0.4, 0.5) is 8.78 Å². The van der Waals surface area contributed by atoms with E-state index in [4.69, 9.17) is 0 Å². The van der Waals surface area contributed by atoms with Gasteiger partial charge in [0.25, 0.3) is 0 Å². The molecule has 1 aliphatic carbocycles. The van der Waals surface area contributed by atoms with Gasteiger partial charge in [0, 0.05) is 31.7 Å². The van der Waals surface area contributed by atoms with Gasteiger partial charge in [-0.05, 0) is 78.7 Å². The lowest BCUT2D eigenvalue weighted by molar-refractivity contribution is -0.120. The van der Waals surface area contributed by atoms with Crippen LogP contribution in [0.1, 0.15) is 76.5 Å². The third-order valence-electron chi connectivity index (χ3n) is 7.66. The van der Waals surface area contributed by atoms with Crippen molar-refractivity contribution in [3.05, 3.63) is 70.8 Å². The maximum Gasteiger partial charge on any atom is 0.217 e. The van der Waals surface area contributed by atoms with Gasteiger partial charge in [0.1, 0.15) is 11.6 Å². The highest BCUT2D eigenvalue weighted by atomic mass is 19.1. The van der Waals surface area contributed by atoms with E-state index in [0.717, 1.165) is 43.7 Å². The number of aliphatic hydroxyl groups is 2. The molecule has 0 bridgehead atoms. The van der Waals surface area contributed by atoms with E-state index >= 15 is 0 Å². The second kappa shape index (κ2) is 12.5. The van der Waals surface area contributed by atoms with Gasteiger partial charge in [-0.25, -0.2) is 8.78 Å². The van der Waals surface area contributed by atoms with Gasteiger partial charge in [-0.3, -0.25) is 4.79 Å². The van der Waals surface area contributed by atoms with Crippen molar-refractivity contribution in [1.82, 2.24) is 10.6 Å². The molecule has 2 aromatic rings. The number of hydrogen-bond acceptors (Lipinski definition) is 4. The van der Waals surface area contributed by atoms with E-state index in [1.54, 1.807) is 0 Å². The summed E-state index contributed by atoms with van der Waals surface area (Å²) in [5, 5.41) is 27.0. The molecule has 1 aliphatic rings. The Hall–Kier alpha value is -2.35. The molecule has 0 aromatic heterocycles. The summed E-state index contributed by atoms with van der Waals surface area (Å²) in [6.07, 6.45) is 3.54. The first kappa shape index (κ1) is 29.2. The van der Waals surface area contributed by atoms with E-state index in [-0.39, 0.29) is 36.4 Å². The minimum atomic E-state index is -0.979. The first-order valence-corrected chi connectivity index (χ1v) is 13.3. The second-order valence-corrected chi connectivity index (χ2v) is 11.6. The summed E-state index contributed by atoms with van der Waals surface area (Å²) in [7, 11) is 0. The molecule has 5 nitrogen and oxygen atoms in total. The van der Waals surface area contributed by atoms with Crippen molar-refractivity contribution in [3.63, 3.8) is 0 Å². The van der Waals surface area contributed by atoms with Crippen LogP contribution in [-0.4, -0.2) is 41.4 Å². The molecular formula is C30H42F2N2O3. The number of carbonyl (C=O) groups is 1. The monoisotopic (exact) mass is 516 g/mol. The van der Waals surface area contributed by atoms with Crippen LogP contribution < -0.4 is 10.6 Å². The summed E-state index contributed by atoms with van der Waals surface area (Å²) < 4.78 is 27.5. The summed E-state index contributed by atoms with van der Waals surface area (Å²) in [4.78, 5) is 11.9. The minimum Gasteiger partial charge on any atom is -0.396 e. The van der Waals surface area contributed by atoms with Crippen LogP contribution in [0.5, 0.6) is 0 Å². The Labute approximate surface area is 219 Å². The summed E-state index contributed by atoms with van der Waals surface area (Å²) in [6.45, 7) is 8.29. The molecule has 37 heavy (non-hydrogen) atoms. The smallest absolute Gasteiger partial charge is 0.217 e. The van der Waals surface area contributed by atoms with Crippen LogP contribution >= 0.6 is 0 Å². The molecule has 0 unspecified atom stereocenters. The number of benzene rings is 2. The molecule has 0 spiro atoms. The van der Waals surface area contributed by atoms with E-state index in [0.29, 0.717) is 11.5 Å². The summed E-state index contributed by atoms with van der Waals surface area (Å²) in [5.41, 5.74) is 2.39. The Morgan fingerprint density at radius 2 is 1.76 bits per heavy atom. The van der Waals surface area contributed by atoms with E-state index in [9.17, 15) is 23.8 Å². The summed E-state index contributed by atoms with van der Waals surface area (Å²) in [6, 6.07) is 11.1. The quantitative estimate of drug-likeness (QED) is 0.368. The highest BCUT2D eigenvalue weighted by Gasteiger charge is 2.38. The number of amides is 1. The van der Waals surface area contributed by atoms with E-state index in [2.05, 4.69) is 55.7 Å². The lowest BCUT2D eigenvalue weighted by atomic mass is 9.71. The fourth-order valence-electron chi connectivity index (χ4n) is 5.46. The predicted octanol–water partition coefficient (Wildman–Crippen LogP) is 4.73. The molecule has 1 fully saturated rings. The predicted molar refractivity (Wildman–Crippen MR) is 142 cm³/mol. The molecule has 2 atom stereocenters. The van der Waals surface area contributed by atoms with E-state index < -0.39 is 23.8 Å². The summed E-state index contributed by atoms with van der Waals surface area (Å²) >= 11 is 0. The zero-order chi connectivity index (χ0) is 27.2. The molecule has 0 heterocycles. The third-order valence-corrected chi connectivity index (χ3v) is 7.66. The average molecular weight is 517 g/mol. The molecule has 4 N–H and O–H groups in total. The minimum absolute atomic E-state index is 0.0124. The van der Waals surface area contributed by atoms with Crippen molar-refractivity contribution in [3.8, 4) is 0 Å². The number of aliphatic hydroxyl groups excluding tert-OH is 2. The van der Waals surface area contributed by atoms with Crippen molar-refractivity contribution in [2.75, 3.05) is 13.2 Å². The van der Waals surface area contributed by atoms with Crippen LogP contribution in [0.3, 0.4) is 0 Å². The molecular weight excluding hydrogens is 474 g/mol. The molecule has 7 heteroatoms. The Balaban J connectivity index is 1.83. The van der Waals surface area contributed by atoms with Gasteiger partial charge in [0.15, 0.2) is 0 Å². The van der Waals surface area contributed by atoms with Gasteiger partial charge in [0.05, 0.1) is 12.1 Å². The number of halogens is 2. The standard InChI is InChI=1S/C30H42F2N2O3/c1-20(36)34-27(16-22-14-25(31)18-26(32)15-22)28(37)19-33-30(11-8-21(9-12-30)10-13-35)24-7-5-6-23(17-24)29(2,3)4/h5-7,14-15,17-18,21,27-28,33,35,37H,8-13,16,19H2,1-4H3,(H,34,36)/t21?,27-,28-,30?/m0/s1. The Morgan fingerprint density at radius 3 is 2.32 bits per heavy atom. The van der Waals surface area contributed by atoms with Crippen LogP contribution in [0.25, 0.3) is 0 Å². The van der Waals surface area contributed by atoms with Gasteiger partial charge in [-0.15, -0.1) is 0 Å². The molecule has 0 saturated heterocycles. The zero-order valence-corrected chi connectivity index (χ0v) is 22.5. The van der Waals surface area contributed by atoms with Crippen molar-refractivity contribution < 1.29 is 23.8 Å². The van der Waals surface area contributed by atoms with Crippen LogP contribution in [0.2, 0.25) is 0 Å². The maximum atomic E-state index is 13.8. The first-order valence-electron chi connectivity index (χ1n) is 13.3. The van der Waals surface area contributed by atoms with Crippen LogP contribution in [0.15, 0.2) is 42.5 Å². The number of hydrogen-bond donors (Lipinski definition) is 4. The molecule has 3 rings (SSSR count). The lowest BCUT2D eigenvalue weighted by Crippen LogP contribution is -2.53. The zero-order valence-electron chi connectivity index (χ0n) is 22.5. The third kappa shape index (κ3) is 8.06. The van der Waals surface area contributed by atoms with Gasteiger partial charge >= 0.3 is 0 Å². The van der Waals surface area contributed by atoms with Gasteiger partial charge in [0.2, 0.25) is 5.91 Å². The Kier molecular flexibility index (Phi) is 9.84. The van der Waals surface area contributed by atoms with Crippen LogP contribution in [-0.2, 0) is 22.2 Å². The Morgan fingerprint density at radius 1 is 1.11 bits per heavy atom. The first-order chi connectivity index (χ1) is 17.4. The topological polar surface area (TPSA) is 81.6 Å². The van der Waals surface area contributed by atoms with E-state index in [1.807, 2.05) is 0 Å². The average Bonchev–Trinajstić information content (AvgIpc) is 2.82. The van der Waals surface area contributed by atoms with Crippen molar-refractivity contribution in [1.29, 1.82) is 0 Å². The fraction of sp³-hybridized carbons (Fsp3) is 0.567. The van der Waals surface area contributed by atoms with Crippen molar-refractivity contribution in [2.24, 2.45) is 5.92 Å². The van der Waals surface area contributed by atoms with Crippen molar-refractivity contribution >= 4 is 5.91 Å². The highest BCUT2D eigenvalue weighted by Crippen LogP contribution is 2.41. The molecule has 204 valence electrons. The highest BCUT2D eigenvalue weighted by molar-refractivity contribution is 5.73. The van der Waals surface area contributed by atoms with Crippen LogP contribution in [0, 0.1) is 17.6 Å². The Bertz CT molecular complexity index is 1030. The van der Waals surface area contributed by atoms with Gasteiger partial charge in [-0.1, -0.05) is 45.0 Å². The number of carbonyl (C=O) groups excluding carboxylic acids is 1. The maximum absolute atomic E-state index is 13.8. The normalized spacial score (nSPS) is 21.9. The number of rotatable bonds is 10. The lowest BCUT2D eigenvalue weighted by Gasteiger charge is -2.43. The molecule has 0 aliphatic heterocycles. The molecule has 0 radical (unpaired) electrons. The second-order valence-electron chi connectivity index (χ2n) is 11.6. The van der Waals surface area contributed by atoms with E-state index in [1.165, 1.54) is 24.6 Å². The SMILES string of the molecule is CC(=O)N[C@@H](Cc1cc(F)cc(F)c1)[C@@H](O)CNC1(c2cccc(C(C)(C)C)c2)CCC(CCO)CC1. The fourth-order valence-corrected chi connectivity index (χ4v) is 5.46. The number of nitrogens with one attached hydrogen (secondary N) is 2. The molecule has 2 aromatic carbocycles. The molecule has 1 saturated carbocycles. The van der Waals surface area contributed by atoms with Crippen molar-refractivity contribution in [2.45, 2.75) is 89.3 Å². The van der Waals surface area contributed by atoms with Gasteiger partial charge < -0.3 is 20.8 Å². The van der Waals surface area contributed by atoms with Gasteiger partial charge in [-0.2, -0.15) is 0 Å². The largest absolute Gasteiger partial charge is 0.396 e. The molecule has 1 amide bonds. The summed E-state index contributed by atoms with van der Waals surface area (Å²) in [5.74, 6) is -1.24.